The quantitative estimate of drug-likeness (QED) is 0.739. The average molecular weight is 382 g/mol. The maximum absolute atomic E-state index is 12.3. The lowest BCUT2D eigenvalue weighted by atomic mass is 10.0. The lowest BCUT2D eigenvalue weighted by molar-refractivity contribution is -0.117. The number of aryl methyl sites for hydroxylation is 3. The van der Waals surface area contributed by atoms with Gasteiger partial charge in [0.2, 0.25) is 5.91 Å². The molecule has 0 radical (unpaired) electrons. The average Bonchev–Trinajstić information content (AvgIpc) is 2.62. The number of nitrogens with one attached hydrogen (secondary N) is 1. The number of anilines is 1. The summed E-state index contributed by atoms with van der Waals surface area (Å²) in [6.07, 6.45) is 0. The molecule has 138 valence electrons. The van der Waals surface area contributed by atoms with Gasteiger partial charge >= 0.3 is 0 Å². The SMILES string of the molecule is Cc1ccc(C)c(-c2ccc(=O)n(CC(=O)Nc3ccc(C)c(Cl)c3)n2)c1. The molecule has 1 amide bonds. The van der Waals surface area contributed by atoms with Crippen LogP contribution in [0.2, 0.25) is 5.02 Å². The van der Waals surface area contributed by atoms with E-state index in [1.54, 1.807) is 18.2 Å². The summed E-state index contributed by atoms with van der Waals surface area (Å²) in [5, 5.41) is 7.69. The van der Waals surface area contributed by atoms with E-state index in [-0.39, 0.29) is 18.0 Å². The van der Waals surface area contributed by atoms with Crippen LogP contribution in [0.5, 0.6) is 0 Å². The number of rotatable bonds is 4. The maximum Gasteiger partial charge on any atom is 0.267 e. The number of carbonyl (C=O) groups excluding carboxylic acids is 1. The molecule has 0 saturated heterocycles. The lowest BCUT2D eigenvalue weighted by Crippen LogP contribution is -2.29. The van der Waals surface area contributed by atoms with E-state index in [9.17, 15) is 9.59 Å². The van der Waals surface area contributed by atoms with E-state index in [2.05, 4.69) is 10.4 Å². The number of hydrogen-bond donors (Lipinski definition) is 1. The van der Waals surface area contributed by atoms with Crippen LogP contribution in [0.1, 0.15) is 16.7 Å². The number of halogens is 1. The molecule has 3 rings (SSSR count). The molecule has 0 saturated carbocycles. The van der Waals surface area contributed by atoms with Crippen LogP contribution in [0.15, 0.2) is 53.3 Å². The van der Waals surface area contributed by atoms with E-state index in [1.165, 1.54) is 10.7 Å². The Kier molecular flexibility index (Phi) is 5.42. The van der Waals surface area contributed by atoms with E-state index in [0.29, 0.717) is 16.4 Å². The normalized spacial score (nSPS) is 10.7. The van der Waals surface area contributed by atoms with Gasteiger partial charge in [-0.25, -0.2) is 4.68 Å². The molecule has 0 bridgehead atoms. The highest BCUT2D eigenvalue weighted by Crippen LogP contribution is 2.22. The van der Waals surface area contributed by atoms with Gasteiger partial charge in [-0.1, -0.05) is 35.4 Å². The minimum absolute atomic E-state index is 0.178. The molecule has 1 heterocycles. The molecule has 0 atom stereocenters. The van der Waals surface area contributed by atoms with Crippen molar-refractivity contribution in [2.75, 3.05) is 5.32 Å². The molecule has 1 aromatic heterocycles. The summed E-state index contributed by atoms with van der Waals surface area (Å²) in [7, 11) is 0. The molecule has 0 fully saturated rings. The van der Waals surface area contributed by atoms with Gasteiger partial charge < -0.3 is 5.32 Å². The molecular formula is C21H20ClN3O2. The minimum atomic E-state index is -0.345. The van der Waals surface area contributed by atoms with Crippen LogP contribution >= 0.6 is 11.6 Å². The number of hydrogen-bond acceptors (Lipinski definition) is 3. The number of benzene rings is 2. The van der Waals surface area contributed by atoms with Crippen LogP contribution in [0.25, 0.3) is 11.3 Å². The van der Waals surface area contributed by atoms with Crippen LogP contribution in [0.4, 0.5) is 5.69 Å². The standard InChI is InChI=1S/C21H20ClN3O2/c1-13-4-5-14(2)17(10-13)19-8-9-21(27)25(24-19)12-20(26)23-16-7-6-15(3)18(22)11-16/h4-11H,12H2,1-3H3,(H,23,26). The molecule has 1 N–H and O–H groups in total. The molecule has 3 aromatic rings. The van der Waals surface area contributed by atoms with E-state index in [0.717, 1.165) is 22.3 Å². The number of nitrogens with zero attached hydrogens (tertiary/aromatic N) is 2. The first-order valence-electron chi connectivity index (χ1n) is 8.55. The van der Waals surface area contributed by atoms with Crippen LogP contribution in [0.3, 0.4) is 0 Å². The predicted octanol–water partition coefficient (Wildman–Crippen LogP) is 4.13. The van der Waals surface area contributed by atoms with Crippen LogP contribution in [-0.4, -0.2) is 15.7 Å². The number of amides is 1. The van der Waals surface area contributed by atoms with Gasteiger partial charge in [0.15, 0.2) is 0 Å². The highest BCUT2D eigenvalue weighted by molar-refractivity contribution is 6.31. The van der Waals surface area contributed by atoms with E-state index < -0.39 is 0 Å². The fourth-order valence-electron chi connectivity index (χ4n) is 2.72. The van der Waals surface area contributed by atoms with Crippen molar-refractivity contribution in [2.45, 2.75) is 27.3 Å². The Hall–Kier alpha value is -2.92. The molecule has 0 spiro atoms. The van der Waals surface area contributed by atoms with Crippen LogP contribution in [-0.2, 0) is 11.3 Å². The Bertz CT molecular complexity index is 1070. The molecule has 27 heavy (non-hydrogen) atoms. The van der Waals surface area contributed by atoms with Crippen molar-refractivity contribution in [2.24, 2.45) is 0 Å². The molecule has 2 aromatic carbocycles. The van der Waals surface area contributed by atoms with Crippen molar-refractivity contribution in [3.63, 3.8) is 0 Å². The summed E-state index contributed by atoms with van der Waals surface area (Å²) < 4.78 is 1.17. The zero-order valence-corrected chi connectivity index (χ0v) is 16.2. The maximum atomic E-state index is 12.3. The summed E-state index contributed by atoms with van der Waals surface area (Å²) in [4.78, 5) is 24.5. The van der Waals surface area contributed by atoms with Crippen molar-refractivity contribution >= 4 is 23.2 Å². The molecular weight excluding hydrogens is 362 g/mol. The topological polar surface area (TPSA) is 64.0 Å². The summed E-state index contributed by atoms with van der Waals surface area (Å²) in [5.41, 5.74) is 4.92. The van der Waals surface area contributed by atoms with Gasteiger partial charge in [0.05, 0.1) is 5.69 Å². The highest BCUT2D eigenvalue weighted by Gasteiger charge is 2.10. The number of carbonyl (C=O) groups is 1. The van der Waals surface area contributed by atoms with Gasteiger partial charge in [0, 0.05) is 22.3 Å². The predicted molar refractivity (Wildman–Crippen MR) is 108 cm³/mol. The van der Waals surface area contributed by atoms with E-state index in [1.807, 2.05) is 45.0 Å². The Balaban J connectivity index is 1.84. The summed E-state index contributed by atoms with van der Waals surface area (Å²) in [6, 6.07) is 14.4. The van der Waals surface area contributed by atoms with Gasteiger partial charge in [0.1, 0.15) is 6.54 Å². The van der Waals surface area contributed by atoms with Crippen LogP contribution < -0.4 is 10.9 Å². The second-order valence-electron chi connectivity index (χ2n) is 6.54. The third-order valence-corrected chi connectivity index (χ3v) is 4.69. The molecule has 0 aliphatic rings. The first kappa shape index (κ1) is 18.9. The first-order chi connectivity index (χ1) is 12.8. The van der Waals surface area contributed by atoms with Crippen molar-refractivity contribution in [1.29, 1.82) is 0 Å². The number of aromatic nitrogens is 2. The first-order valence-corrected chi connectivity index (χ1v) is 8.93. The smallest absolute Gasteiger partial charge is 0.267 e. The summed E-state index contributed by atoms with van der Waals surface area (Å²) in [6.45, 7) is 5.69. The van der Waals surface area contributed by atoms with Gasteiger partial charge in [0.25, 0.3) is 5.56 Å². The van der Waals surface area contributed by atoms with E-state index in [4.69, 9.17) is 11.6 Å². The second-order valence-corrected chi connectivity index (χ2v) is 6.95. The third kappa shape index (κ3) is 4.44. The van der Waals surface area contributed by atoms with Crippen molar-refractivity contribution < 1.29 is 4.79 Å². The Morgan fingerprint density at radius 2 is 1.78 bits per heavy atom. The van der Waals surface area contributed by atoms with Crippen molar-refractivity contribution in [3.05, 3.63) is 80.6 Å². The molecule has 5 nitrogen and oxygen atoms in total. The van der Waals surface area contributed by atoms with Gasteiger partial charge in [-0.15, -0.1) is 0 Å². The largest absolute Gasteiger partial charge is 0.324 e. The summed E-state index contributed by atoms with van der Waals surface area (Å²) >= 11 is 6.08. The van der Waals surface area contributed by atoms with Gasteiger partial charge in [-0.05, 0) is 56.2 Å². The fraction of sp³-hybridized carbons (Fsp3) is 0.190. The Labute approximate surface area is 162 Å². The second kappa shape index (κ2) is 7.76. The third-order valence-electron chi connectivity index (χ3n) is 4.28. The van der Waals surface area contributed by atoms with E-state index >= 15 is 0 Å². The zero-order valence-electron chi connectivity index (χ0n) is 15.4. The fourth-order valence-corrected chi connectivity index (χ4v) is 2.91. The molecule has 0 aliphatic carbocycles. The minimum Gasteiger partial charge on any atom is -0.324 e. The summed E-state index contributed by atoms with van der Waals surface area (Å²) in [5.74, 6) is -0.345. The zero-order chi connectivity index (χ0) is 19.6. The molecule has 0 unspecified atom stereocenters. The Morgan fingerprint density at radius 3 is 2.52 bits per heavy atom. The Morgan fingerprint density at radius 1 is 1.04 bits per heavy atom. The van der Waals surface area contributed by atoms with Crippen molar-refractivity contribution in [3.8, 4) is 11.3 Å². The highest BCUT2D eigenvalue weighted by atomic mass is 35.5. The monoisotopic (exact) mass is 381 g/mol. The molecule has 0 aliphatic heterocycles. The van der Waals surface area contributed by atoms with Gasteiger partial charge in [-0.3, -0.25) is 9.59 Å². The molecule has 6 heteroatoms. The van der Waals surface area contributed by atoms with Crippen LogP contribution in [0, 0.1) is 20.8 Å². The van der Waals surface area contributed by atoms with Crippen molar-refractivity contribution in [1.82, 2.24) is 9.78 Å². The van der Waals surface area contributed by atoms with Gasteiger partial charge in [-0.2, -0.15) is 5.10 Å². The lowest BCUT2D eigenvalue weighted by Gasteiger charge is -2.11.